The first-order valence-electron chi connectivity index (χ1n) is 9.35. The van der Waals surface area contributed by atoms with Crippen LogP contribution in [0.4, 0.5) is 10.1 Å². The number of amides is 1. The van der Waals surface area contributed by atoms with Crippen LogP contribution in [0.25, 0.3) is 0 Å². The van der Waals surface area contributed by atoms with E-state index < -0.39 is 22.5 Å². The third-order valence-electron chi connectivity index (χ3n) is 4.24. The summed E-state index contributed by atoms with van der Waals surface area (Å²) in [6.07, 6.45) is 0. The van der Waals surface area contributed by atoms with Gasteiger partial charge in [-0.05, 0) is 60.7 Å². The molecule has 0 radical (unpaired) electrons. The van der Waals surface area contributed by atoms with Gasteiger partial charge in [0.15, 0.2) is 0 Å². The largest absolute Gasteiger partial charge is 0.492 e. The Labute approximate surface area is 185 Å². The van der Waals surface area contributed by atoms with Crippen molar-refractivity contribution in [2.24, 2.45) is 0 Å². The lowest BCUT2D eigenvalue weighted by atomic mass is 10.3. The summed E-state index contributed by atoms with van der Waals surface area (Å²) in [5.41, 5.74) is 0.311. The van der Waals surface area contributed by atoms with Crippen molar-refractivity contribution >= 4 is 33.2 Å². The lowest BCUT2D eigenvalue weighted by Crippen LogP contribution is -2.41. The maximum atomic E-state index is 13.2. The van der Waals surface area contributed by atoms with E-state index in [-0.39, 0.29) is 23.9 Å². The van der Waals surface area contributed by atoms with E-state index in [4.69, 9.17) is 16.3 Å². The van der Waals surface area contributed by atoms with Crippen LogP contribution in [0.3, 0.4) is 0 Å². The third-order valence-corrected chi connectivity index (χ3v) is 6.28. The maximum Gasteiger partial charge on any atom is 0.264 e. The molecule has 3 rings (SSSR count). The smallest absolute Gasteiger partial charge is 0.264 e. The van der Waals surface area contributed by atoms with Crippen LogP contribution in [0.1, 0.15) is 0 Å². The molecule has 0 fully saturated rings. The van der Waals surface area contributed by atoms with E-state index in [0.29, 0.717) is 16.5 Å². The van der Waals surface area contributed by atoms with E-state index in [9.17, 15) is 17.6 Å². The fourth-order valence-electron chi connectivity index (χ4n) is 2.72. The Morgan fingerprint density at radius 3 is 2.26 bits per heavy atom. The van der Waals surface area contributed by atoms with Crippen LogP contribution in [-0.2, 0) is 14.8 Å². The van der Waals surface area contributed by atoms with Crippen LogP contribution in [-0.4, -0.2) is 34.0 Å². The molecule has 0 saturated heterocycles. The van der Waals surface area contributed by atoms with Crippen molar-refractivity contribution in [2.75, 3.05) is 24.0 Å². The molecular weight excluding hydrogens is 443 g/mol. The number of sulfonamides is 1. The average molecular weight is 463 g/mol. The number of halogens is 2. The second kappa shape index (κ2) is 10.3. The van der Waals surface area contributed by atoms with E-state index in [0.717, 1.165) is 4.31 Å². The van der Waals surface area contributed by atoms with Gasteiger partial charge in [0, 0.05) is 5.02 Å². The minimum absolute atomic E-state index is 0.0670. The highest BCUT2D eigenvalue weighted by Gasteiger charge is 2.27. The topological polar surface area (TPSA) is 75.7 Å². The highest BCUT2D eigenvalue weighted by Crippen LogP contribution is 2.25. The molecule has 162 valence electrons. The number of benzene rings is 3. The molecule has 0 aliphatic heterocycles. The van der Waals surface area contributed by atoms with Crippen molar-refractivity contribution in [3.05, 3.63) is 89.7 Å². The van der Waals surface area contributed by atoms with E-state index in [2.05, 4.69) is 5.32 Å². The lowest BCUT2D eigenvalue weighted by molar-refractivity contribution is -0.119. The SMILES string of the molecule is O=C(CN(c1ccc(Cl)cc1)S(=O)(=O)c1ccccc1)NCCOc1ccc(F)cc1. The molecule has 0 aliphatic carbocycles. The third kappa shape index (κ3) is 6.19. The summed E-state index contributed by atoms with van der Waals surface area (Å²) in [5, 5.41) is 3.08. The van der Waals surface area contributed by atoms with Gasteiger partial charge in [-0.1, -0.05) is 29.8 Å². The van der Waals surface area contributed by atoms with Gasteiger partial charge >= 0.3 is 0 Å². The van der Waals surface area contributed by atoms with Crippen LogP contribution in [0, 0.1) is 5.82 Å². The Hall–Kier alpha value is -3.10. The first kappa shape index (κ1) is 22.6. The quantitative estimate of drug-likeness (QED) is 0.490. The second-order valence-electron chi connectivity index (χ2n) is 6.45. The fourth-order valence-corrected chi connectivity index (χ4v) is 4.29. The number of nitrogens with zero attached hydrogens (tertiary/aromatic N) is 1. The molecule has 0 aliphatic rings. The van der Waals surface area contributed by atoms with Crippen molar-refractivity contribution in [2.45, 2.75) is 4.90 Å². The number of ether oxygens (including phenoxy) is 1. The first-order chi connectivity index (χ1) is 14.9. The molecule has 0 heterocycles. The highest BCUT2D eigenvalue weighted by atomic mass is 35.5. The zero-order valence-electron chi connectivity index (χ0n) is 16.4. The summed E-state index contributed by atoms with van der Waals surface area (Å²) in [6, 6.07) is 19.5. The van der Waals surface area contributed by atoms with Crippen LogP contribution >= 0.6 is 11.6 Å². The van der Waals surface area contributed by atoms with Gasteiger partial charge in [0.25, 0.3) is 10.0 Å². The molecule has 0 saturated carbocycles. The molecule has 0 atom stereocenters. The Kier molecular flexibility index (Phi) is 7.49. The molecule has 1 N–H and O–H groups in total. The fraction of sp³-hybridized carbons (Fsp3) is 0.136. The predicted octanol–water partition coefficient (Wildman–Crippen LogP) is 3.87. The van der Waals surface area contributed by atoms with Gasteiger partial charge in [-0.2, -0.15) is 0 Å². The average Bonchev–Trinajstić information content (AvgIpc) is 2.77. The summed E-state index contributed by atoms with van der Waals surface area (Å²) in [7, 11) is -3.98. The number of carbonyl (C=O) groups excluding carboxylic acids is 1. The van der Waals surface area contributed by atoms with Gasteiger partial charge in [0.1, 0.15) is 24.7 Å². The number of hydrogen-bond acceptors (Lipinski definition) is 4. The van der Waals surface area contributed by atoms with Gasteiger partial charge in [0.05, 0.1) is 17.1 Å². The molecule has 6 nitrogen and oxygen atoms in total. The summed E-state index contributed by atoms with van der Waals surface area (Å²) >= 11 is 5.92. The summed E-state index contributed by atoms with van der Waals surface area (Å²) < 4.78 is 45.7. The molecule has 1 amide bonds. The molecule has 3 aromatic carbocycles. The molecule has 0 bridgehead atoms. The van der Waals surface area contributed by atoms with Gasteiger partial charge in [-0.15, -0.1) is 0 Å². The molecule has 31 heavy (non-hydrogen) atoms. The first-order valence-corrected chi connectivity index (χ1v) is 11.2. The van der Waals surface area contributed by atoms with Crippen molar-refractivity contribution in [1.29, 1.82) is 0 Å². The van der Waals surface area contributed by atoms with Gasteiger partial charge in [0.2, 0.25) is 5.91 Å². The van der Waals surface area contributed by atoms with E-state index >= 15 is 0 Å². The standard InChI is InChI=1S/C22H20ClFN2O4S/c23-17-6-10-19(11-7-17)26(31(28,29)21-4-2-1-3-5-21)16-22(27)25-14-15-30-20-12-8-18(24)9-13-20/h1-13H,14-16H2,(H,25,27). The monoisotopic (exact) mass is 462 g/mol. The zero-order chi connectivity index (χ0) is 22.3. The molecule has 9 heteroatoms. The summed E-state index contributed by atoms with van der Waals surface area (Å²) in [5.74, 6) is -0.412. The predicted molar refractivity (Wildman–Crippen MR) is 117 cm³/mol. The van der Waals surface area contributed by atoms with Gasteiger partial charge < -0.3 is 10.1 Å². The van der Waals surface area contributed by atoms with Crippen LogP contribution < -0.4 is 14.4 Å². The number of carbonyl (C=O) groups is 1. The van der Waals surface area contributed by atoms with Crippen molar-refractivity contribution in [1.82, 2.24) is 5.32 Å². The molecule has 0 aromatic heterocycles. The Balaban J connectivity index is 1.67. The molecule has 0 spiro atoms. The second-order valence-corrected chi connectivity index (χ2v) is 8.75. The van der Waals surface area contributed by atoms with Crippen molar-refractivity contribution < 1.29 is 22.3 Å². The van der Waals surface area contributed by atoms with Crippen LogP contribution in [0.2, 0.25) is 5.02 Å². The Morgan fingerprint density at radius 1 is 0.968 bits per heavy atom. The van der Waals surface area contributed by atoms with E-state index in [1.54, 1.807) is 30.3 Å². The molecule has 0 unspecified atom stereocenters. The summed E-state index contributed by atoms with van der Waals surface area (Å²) in [4.78, 5) is 12.5. The van der Waals surface area contributed by atoms with Crippen molar-refractivity contribution in [3.63, 3.8) is 0 Å². The number of anilines is 1. The molecular formula is C22H20ClFN2O4S. The van der Waals surface area contributed by atoms with Gasteiger partial charge in [-0.3, -0.25) is 9.10 Å². The number of rotatable bonds is 9. The molecule has 3 aromatic rings. The minimum atomic E-state index is -3.98. The number of nitrogens with one attached hydrogen (secondary N) is 1. The lowest BCUT2D eigenvalue weighted by Gasteiger charge is -2.24. The van der Waals surface area contributed by atoms with E-state index in [1.165, 1.54) is 48.5 Å². The Morgan fingerprint density at radius 2 is 1.61 bits per heavy atom. The van der Waals surface area contributed by atoms with Crippen LogP contribution in [0.5, 0.6) is 5.75 Å². The Bertz CT molecular complexity index is 1110. The van der Waals surface area contributed by atoms with E-state index in [1.807, 2.05) is 0 Å². The summed E-state index contributed by atoms with van der Waals surface area (Å²) in [6.45, 7) is -0.130. The van der Waals surface area contributed by atoms with Crippen LogP contribution in [0.15, 0.2) is 83.8 Å². The normalized spacial score (nSPS) is 11.0. The highest BCUT2D eigenvalue weighted by molar-refractivity contribution is 7.92. The van der Waals surface area contributed by atoms with Gasteiger partial charge in [-0.25, -0.2) is 12.8 Å². The number of hydrogen-bond donors (Lipinski definition) is 1. The zero-order valence-corrected chi connectivity index (χ0v) is 17.9. The van der Waals surface area contributed by atoms with Crippen molar-refractivity contribution in [3.8, 4) is 5.75 Å². The minimum Gasteiger partial charge on any atom is -0.492 e. The maximum absolute atomic E-state index is 13.2.